The van der Waals surface area contributed by atoms with Gasteiger partial charge in [-0.25, -0.2) is 4.79 Å². The maximum atomic E-state index is 12.6. The van der Waals surface area contributed by atoms with Crippen LogP contribution in [0.5, 0.6) is 0 Å². The van der Waals surface area contributed by atoms with Crippen molar-refractivity contribution >= 4 is 11.7 Å². The van der Waals surface area contributed by atoms with Crippen LogP contribution in [0.3, 0.4) is 0 Å². The van der Waals surface area contributed by atoms with Crippen LogP contribution in [0.4, 0.5) is 10.5 Å². The Labute approximate surface area is 131 Å². The Balaban J connectivity index is 1.71. The fourth-order valence-corrected chi connectivity index (χ4v) is 3.81. The summed E-state index contributed by atoms with van der Waals surface area (Å²) in [5.74, 6) is 0.469. The molecule has 1 saturated heterocycles. The molecule has 2 N–H and O–H groups in total. The summed E-state index contributed by atoms with van der Waals surface area (Å²) in [6.07, 6.45) is 6.13. The molecule has 0 aromatic heterocycles. The summed E-state index contributed by atoms with van der Waals surface area (Å²) in [4.78, 5) is 14.4. The number of hydrogen-bond acceptors (Lipinski definition) is 2. The number of aliphatic hydroxyl groups excluding tert-OH is 1. The fourth-order valence-electron chi connectivity index (χ4n) is 3.81. The molecule has 1 aromatic carbocycles. The zero-order valence-electron chi connectivity index (χ0n) is 12.9. The Morgan fingerprint density at radius 1 is 1.36 bits per heavy atom. The van der Waals surface area contributed by atoms with Gasteiger partial charge in [0.15, 0.2) is 0 Å². The standard InChI is InChI=1S/C18H24N2O2/c1-2-3-6-13-7-4-5-8-15(13)19-18(22)20-12-11-14-9-10-16(21)17(14)20/h2,4-5,7-8,14,16-17,21H,1,3,6,9-12H2,(H,19,22)/t14-,16+,17+/m0/s1. The van der Waals surface area contributed by atoms with Crippen molar-refractivity contribution in [1.29, 1.82) is 0 Å². The van der Waals surface area contributed by atoms with Gasteiger partial charge in [-0.2, -0.15) is 0 Å². The summed E-state index contributed by atoms with van der Waals surface area (Å²) in [6, 6.07) is 7.82. The minimum atomic E-state index is -0.366. The second kappa shape index (κ2) is 6.53. The highest BCUT2D eigenvalue weighted by Gasteiger charge is 2.45. The molecule has 4 nitrogen and oxygen atoms in total. The zero-order valence-corrected chi connectivity index (χ0v) is 12.9. The molecule has 0 radical (unpaired) electrons. The number of aliphatic hydroxyl groups is 1. The highest BCUT2D eigenvalue weighted by molar-refractivity contribution is 5.90. The molecule has 1 aromatic rings. The number of benzene rings is 1. The van der Waals surface area contributed by atoms with Gasteiger partial charge in [0, 0.05) is 12.2 Å². The van der Waals surface area contributed by atoms with Crippen molar-refractivity contribution in [1.82, 2.24) is 4.90 Å². The maximum Gasteiger partial charge on any atom is 0.322 e. The minimum Gasteiger partial charge on any atom is -0.391 e. The number of nitrogens with one attached hydrogen (secondary N) is 1. The molecule has 1 saturated carbocycles. The zero-order chi connectivity index (χ0) is 15.5. The number of likely N-dealkylation sites (tertiary alicyclic amines) is 1. The molecule has 22 heavy (non-hydrogen) atoms. The van der Waals surface area contributed by atoms with Gasteiger partial charge in [0.05, 0.1) is 12.1 Å². The van der Waals surface area contributed by atoms with Gasteiger partial charge in [0.25, 0.3) is 0 Å². The van der Waals surface area contributed by atoms with E-state index < -0.39 is 0 Å². The van der Waals surface area contributed by atoms with E-state index in [0.717, 1.165) is 49.9 Å². The monoisotopic (exact) mass is 300 g/mol. The molecule has 0 bridgehead atoms. The maximum absolute atomic E-state index is 12.6. The fraction of sp³-hybridized carbons (Fsp3) is 0.500. The van der Waals surface area contributed by atoms with Gasteiger partial charge in [-0.15, -0.1) is 6.58 Å². The lowest BCUT2D eigenvalue weighted by Crippen LogP contribution is -2.44. The number of allylic oxidation sites excluding steroid dienone is 1. The summed E-state index contributed by atoms with van der Waals surface area (Å²) in [5.41, 5.74) is 1.99. The van der Waals surface area contributed by atoms with Crippen molar-refractivity contribution in [2.45, 2.75) is 44.2 Å². The molecule has 2 fully saturated rings. The Hall–Kier alpha value is -1.81. The number of urea groups is 1. The topological polar surface area (TPSA) is 52.6 Å². The number of fused-ring (bicyclic) bond motifs is 1. The van der Waals surface area contributed by atoms with Crippen molar-refractivity contribution in [2.24, 2.45) is 5.92 Å². The van der Waals surface area contributed by atoms with Crippen LogP contribution in [-0.4, -0.2) is 34.7 Å². The number of rotatable bonds is 4. The van der Waals surface area contributed by atoms with Crippen molar-refractivity contribution < 1.29 is 9.90 Å². The summed E-state index contributed by atoms with van der Waals surface area (Å²) in [5, 5.41) is 13.2. The van der Waals surface area contributed by atoms with E-state index in [4.69, 9.17) is 0 Å². The Bertz CT molecular complexity index is 558. The van der Waals surface area contributed by atoms with E-state index in [1.807, 2.05) is 35.2 Å². The summed E-state index contributed by atoms with van der Waals surface area (Å²) in [6.45, 7) is 4.49. The van der Waals surface area contributed by atoms with E-state index in [1.54, 1.807) is 0 Å². The second-order valence-electron chi connectivity index (χ2n) is 6.29. The van der Waals surface area contributed by atoms with E-state index in [1.165, 1.54) is 0 Å². The molecule has 0 spiro atoms. The summed E-state index contributed by atoms with van der Waals surface area (Å²) < 4.78 is 0. The van der Waals surface area contributed by atoms with Crippen LogP contribution >= 0.6 is 0 Å². The van der Waals surface area contributed by atoms with Crippen LogP contribution < -0.4 is 5.32 Å². The SMILES string of the molecule is C=CCCc1ccccc1NC(=O)N1CC[C@@H]2CC[C@@H](O)[C@@H]21. The Morgan fingerprint density at radius 3 is 3.00 bits per heavy atom. The molecular formula is C18H24N2O2. The molecule has 3 rings (SSSR count). The first-order valence-electron chi connectivity index (χ1n) is 8.15. The van der Waals surface area contributed by atoms with Crippen molar-refractivity contribution in [3.8, 4) is 0 Å². The lowest BCUT2D eigenvalue weighted by atomic mass is 10.0. The van der Waals surface area contributed by atoms with Crippen molar-refractivity contribution in [3.05, 3.63) is 42.5 Å². The third-order valence-electron chi connectivity index (χ3n) is 4.95. The molecule has 2 aliphatic rings. The average molecular weight is 300 g/mol. The molecule has 1 heterocycles. The van der Waals surface area contributed by atoms with Crippen molar-refractivity contribution in [3.63, 3.8) is 0 Å². The first-order valence-corrected chi connectivity index (χ1v) is 8.15. The highest BCUT2D eigenvalue weighted by atomic mass is 16.3. The number of aryl methyl sites for hydroxylation is 1. The Kier molecular flexibility index (Phi) is 4.48. The van der Waals surface area contributed by atoms with E-state index >= 15 is 0 Å². The molecule has 1 aliphatic carbocycles. The van der Waals surface area contributed by atoms with E-state index in [2.05, 4.69) is 11.9 Å². The molecule has 118 valence electrons. The van der Waals surface area contributed by atoms with E-state index in [-0.39, 0.29) is 18.2 Å². The predicted octanol–water partition coefficient (Wildman–Crippen LogP) is 3.18. The van der Waals surface area contributed by atoms with E-state index in [0.29, 0.717) is 5.92 Å². The lowest BCUT2D eigenvalue weighted by Gasteiger charge is -2.27. The van der Waals surface area contributed by atoms with Gasteiger partial charge in [-0.05, 0) is 49.7 Å². The van der Waals surface area contributed by atoms with Gasteiger partial charge >= 0.3 is 6.03 Å². The van der Waals surface area contributed by atoms with E-state index in [9.17, 15) is 9.90 Å². The summed E-state index contributed by atoms with van der Waals surface area (Å²) in [7, 11) is 0. The first-order chi connectivity index (χ1) is 10.7. The lowest BCUT2D eigenvalue weighted by molar-refractivity contribution is 0.101. The molecule has 3 atom stereocenters. The number of hydrogen-bond donors (Lipinski definition) is 2. The molecule has 0 unspecified atom stereocenters. The number of para-hydroxylation sites is 1. The third kappa shape index (κ3) is 2.88. The van der Waals surface area contributed by atoms with Gasteiger partial charge in [-0.3, -0.25) is 0 Å². The van der Waals surface area contributed by atoms with Crippen LogP contribution in [0.2, 0.25) is 0 Å². The largest absolute Gasteiger partial charge is 0.391 e. The van der Waals surface area contributed by atoms with Crippen LogP contribution in [0.25, 0.3) is 0 Å². The minimum absolute atomic E-state index is 0.000312. The smallest absolute Gasteiger partial charge is 0.322 e. The number of carbonyl (C=O) groups is 1. The third-order valence-corrected chi connectivity index (χ3v) is 4.95. The number of amides is 2. The summed E-state index contributed by atoms with van der Waals surface area (Å²) >= 11 is 0. The molecule has 2 amide bonds. The average Bonchev–Trinajstić information content (AvgIpc) is 3.10. The Morgan fingerprint density at radius 2 is 2.18 bits per heavy atom. The number of anilines is 1. The van der Waals surface area contributed by atoms with Crippen LogP contribution in [-0.2, 0) is 6.42 Å². The van der Waals surface area contributed by atoms with Crippen LogP contribution in [0, 0.1) is 5.92 Å². The molecule has 4 heteroatoms. The van der Waals surface area contributed by atoms with Gasteiger partial charge in [-0.1, -0.05) is 24.3 Å². The normalized spacial score (nSPS) is 26.8. The van der Waals surface area contributed by atoms with Crippen LogP contribution in [0.1, 0.15) is 31.2 Å². The first kappa shape index (κ1) is 15.1. The van der Waals surface area contributed by atoms with Crippen LogP contribution in [0.15, 0.2) is 36.9 Å². The number of nitrogens with zero attached hydrogens (tertiary/aromatic N) is 1. The quantitative estimate of drug-likeness (QED) is 0.839. The number of carbonyl (C=O) groups excluding carboxylic acids is 1. The molecule has 1 aliphatic heterocycles. The second-order valence-corrected chi connectivity index (χ2v) is 6.29. The van der Waals surface area contributed by atoms with Gasteiger partial charge in [0.1, 0.15) is 0 Å². The van der Waals surface area contributed by atoms with Gasteiger partial charge < -0.3 is 15.3 Å². The van der Waals surface area contributed by atoms with Gasteiger partial charge in [0.2, 0.25) is 0 Å². The highest BCUT2D eigenvalue weighted by Crippen LogP contribution is 2.38. The molecular weight excluding hydrogens is 276 g/mol. The van der Waals surface area contributed by atoms with Crippen molar-refractivity contribution in [2.75, 3.05) is 11.9 Å². The predicted molar refractivity (Wildman–Crippen MR) is 87.8 cm³/mol.